The first-order valence-corrected chi connectivity index (χ1v) is 9.02. The van der Waals surface area contributed by atoms with Gasteiger partial charge in [-0.25, -0.2) is 4.79 Å². The molecule has 0 atom stereocenters. The summed E-state index contributed by atoms with van der Waals surface area (Å²) < 4.78 is 2.62. The molecule has 134 valence electrons. The molecule has 0 N–H and O–H groups in total. The molecule has 3 rings (SSSR count). The minimum atomic E-state index is -0.420. The molecule has 0 radical (unpaired) electrons. The highest BCUT2D eigenvalue weighted by Gasteiger charge is 2.23. The number of para-hydroxylation sites is 1. The number of nitrogens with zero attached hydrogens (tertiary/aromatic N) is 3. The number of aryl methyl sites for hydroxylation is 1. The van der Waals surface area contributed by atoms with E-state index in [9.17, 15) is 14.4 Å². The van der Waals surface area contributed by atoms with Gasteiger partial charge in [-0.1, -0.05) is 31.4 Å². The van der Waals surface area contributed by atoms with Crippen molar-refractivity contribution in [2.75, 3.05) is 7.05 Å². The first-order valence-electron chi connectivity index (χ1n) is 9.02. The highest BCUT2D eigenvalue weighted by molar-refractivity contribution is 5.79. The van der Waals surface area contributed by atoms with Gasteiger partial charge in [-0.3, -0.25) is 18.7 Å². The van der Waals surface area contributed by atoms with Crippen LogP contribution in [0.5, 0.6) is 0 Å². The van der Waals surface area contributed by atoms with Crippen LogP contribution in [-0.4, -0.2) is 33.0 Å². The van der Waals surface area contributed by atoms with Crippen LogP contribution in [0.15, 0.2) is 33.9 Å². The number of likely N-dealkylation sites (N-methyl/N-ethyl adjacent to an activating group) is 1. The Balaban J connectivity index is 1.97. The van der Waals surface area contributed by atoms with Crippen molar-refractivity contribution in [3.8, 4) is 0 Å². The molecule has 1 aromatic heterocycles. The van der Waals surface area contributed by atoms with E-state index in [1.54, 1.807) is 40.8 Å². The number of hydrogen-bond donors (Lipinski definition) is 0. The molecule has 1 amide bonds. The molecule has 0 saturated heterocycles. The van der Waals surface area contributed by atoms with Gasteiger partial charge in [0.15, 0.2) is 0 Å². The van der Waals surface area contributed by atoms with Gasteiger partial charge in [0, 0.05) is 19.6 Å². The minimum absolute atomic E-state index is 0.177. The van der Waals surface area contributed by atoms with Crippen molar-refractivity contribution in [2.24, 2.45) is 0 Å². The first-order chi connectivity index (χ1) is 12.0. The number of benzene rings is 1. The molecule has 0 spiro atoms. The Morgan fingerprint density at radius 2 is 1.80 bits per heavy atom. The lowest BCUT2D eigenvalue weighted by molar-refractivity contribution is -0.133. The van der Waals surface area contributed by atoms with E-state index < -0.39 is 11.2 Å². The molecule has 1 aromatic carbocycles. The fourth-order valence-corrected chi connectivity index (χ4v) is 3.73. The molecule has 1 aliphatic rings. The topological polar surface area (TPSA) is 64.3 Å². The molecule has 1 saturated carbocycles. The van der Waals surface area contributed by atoms with E-state index in [1.165, 1.54) is 6.42 Å². The van der Waals surface area contributed by atoms with E-state index in [2.05, 4.69) is 0 Å². The van der Waals surface area contributed by atoms with E-state index in [1.807, 2.05) is 6.92 Å². The van der Waals surface area contributed by atoms with Crippen LogP contribution < -0.4 is 11.2 Å². The summed E-state index contributed by atoms with van der Waals surface area (Å²) >= 11 is 0. The summed E-state index contributed by atoms with van der Waals surface area (Å²) in [6, 6.07) is 7.26. The van der Waals surface area contributed by atoms with E-state index >= 15 is 0 Å². The lowest BCUT2D eigenvalue weighted by atomic mass is 9.94. The van der Waals surface area contributed by atoms with Crippen molar-refractivity contribution < 1.29 is 4.79 Å². The quantitative estimate of drug-likeness (QED) is 0.853. The van der Waals surface area contributed by atoms with Crippen LogP contribution in [0.4, 0.5) is 0 Å². The number of carbonyl (C=O) groups is 1. The fourth-order valence-electron chi connectivity index (χ4n) is 3.73. The summed E-state index contributed by atoms with van der Waals surface area (Å²) in [5.41, 5.74) is -0.198. The number of rotatable bonds is 4. The number of carbonyl (C=O) groups excluding carboxylic acids is 1. The predicted octanol–water partition coefficient (Wildman–Crippen LogP) is 1.97. The third-order valence-electron chi connectivity index (χ3n) is 5.26. The average molecular weight is 343 g/mol. The second-order valence-corrected chi connectivity index (χ2v) is 6.73. The van der Waals surface area contributed by atoms with Crippen molar-refractivity contribution in [3.63, 3.8) is 0 Å². The van der Waals surface area contributed by atoms with E-state index in [4.69, 9.17) is 0 Å². The lowest BCUT2D eigenvalue weighted by Crippen LogP contribution is -2.46. The van der Waals surface area contributed by atoms with Crippen molar-refractivity contribution in [1.29, 1.82) is 0 Å². The van der Waals surface area contributed by atoms with E-state index in [0.29, 0.717) is 17.4 Å². The fraction of sp³-hybridized carbons (Fsp3) is 0.526. The molecule has 6 heteroatoms. The van der Waals surface area contributed by atoms with Crippen LogP contribution in [0.3, 0.4) is 0 Å². The van der Waals surface area contributed by atoms with Crippen molar-refractivity contribution in [2.45, 2.75) is 58.2 Å². The predicted molar refractivity (Wildman–Crippen MR) is 97.8 cm³/mol. The van der Waals surface area contributed by atoms with Crippen molar-refractivity contribution >= 4 is 16.8 Å². The molecule has 2 aromatic rings. The monoisotopic (exact) mass is 343 g/mol. The molecule has 1 fully saturated rings. The summed E-state index contributed by atoms with van der Waals surface area (Å²) in [7, 11) is 1.78. The summed E-state index contributed by atoms with van der Waals surface area (Å²) in [5, 5.41) is 0.470. The number of aromatic nitrogens is 2. The van der Waals surface area contributed by atoms with Crippen LogP contribution in [0.25, 0.3) is 10.9 Å². The Morgan fingerprint density at radius 3 is 2.48 bits per heavy atom. The van der Waals surface area contributed by atoms with Gasteiger partial charge in [0.05, 0.1) is 10.9 Å². The highest BCUT2D eigenvalue weighted by Crippen LogP contribution is 2.21. The number of fused-ring (bicyclic) bond motifs is 1. The molecule has 6 nitrogen and oxygen atoms in total. The number of hydrogen-bond acceptors (Lipinski definition) is 3. The molecular weight excluding hydrogens is 318 g/mol. The zero-order valence-electron chi connectivity index (χ0n) is 14.9. The normalized spacial score (nSPS) is 15.4. The van der Waals surface area contributed by atoms with Gasteiger partial charge in [0.25, 0.3) is 5.56 Å². The van der Waals surface area contributed by atoms with Gasteiger partial charge in [-0.15, -0.1) is 0 Å². The zero-order chi connectivity index (χ0) is 18.0. The Hall–Kier alpha value is -2.37. The maximum atomic E-state index is 12.7. The standard InChI is InChI=1S/C19H25N3O3/c1-3-21-16-12-8-7-11-15(16)18(24)22(19(21)25)13-17(23)20(2)14-9-5-4-6-10-14/h7-8,11-12,14H,3-6,9-10,13H2,1-2H3. The maximum Gasteiger partial charge on any atom is 0.331 e. The summed E-state index contributed by atoms with van der Waals surface area (Å²) in [6.07, 6.45) is 5.45. The summed E-state index contributed by atoms with van der Waals surface area (Å²) in [6.45, 7) is 2.11. The number of amides is 1. The van der Waals surface area contributed by atoms with E-state index in [0.717, 1.165) is 30.3 Å². The van der Waals surface area contributed by atoms with Crippen molar-refractivity contribution in [1.82, 2.24) is 14.0 Å². The Kier molecular flexibility index (Phi) is 5.06. The van der Waals surface area contributed by atoms with Crippen LogP contribution >= 0.6 is 0 Å². The van der Waals surface area contributed by atoms with Gasteiger partial charge >= 0.3 is 5.69 Å². The average Bonchev–Trinajstić information content (AvgIpc) is 2.65. The first kappa shape index (κ1) is 17.5. The van der Waals surface area contributed by atoms with Gasteiger partial charge < -0.3 is 4.90 Å². The van der Waals surface area contributed by atoms with Crippen LogP contribution in [0, 0.1) is 0 Å². The molecule has 0 bridgehead atoms. The highest BCUT2D eigenvalue weighted by atomic mass is 16.2. The van der Waals surface area contributed by atoms with Gasteiger partial charge in [-0.2, -0.15) is 0 Å². The van der Waals surface area contributed by atoms with Gasteiger partial charge in [0.2, 0.25) is 5.91 Å². The van der Waals surface area contributed by atoms with E-state index in [-0.39, 0.29) is 18.5 Å². The summed E-state index contributed by atoms with van der Waals surface area (Å²) in [4.78, 5) is 39.8. The molecular formula is C19H25N3O3. The third kappa shape index (κ3) is 3.25. The lowest BCUT2D eigenvalue weighted by Gasteiger charge is -2.31. The second-order valence-electron chi connectivity index (χ2n) is 6.73. The Labute approximate surface area is 146 Å². The van der Waals surface area contributed by atoms with Gasteiger partial charge in [0.1, 0.15) is 6.54 Å². The smallest absolute Gasteiger partial charge is 0.331 e. The summed E-state index contributed by atoms with van der Waals surface area (Å²) in [5.74, 6) is -0.177. The SMILES string of the molecule is CCn1c(=O)n(CC(=O)N(C)C2CCCCC2)c(=O)c2ccccc21. The van der Waals surface area contributed by atoms with Crippen LogP contribution in [0.2, 0.25) is 0 Å². The maximum absolute atomic E-state index is 12.7. The molecule has 1 aliphatic carbocycles. The molecule has 1 heterocycles. The molecule has 25 heavy (non-hydrogen) atoms. The third-order valence-corrected chi connectivity index (χ3v) is 5.26. The Bertz CT molecular complexity index is 891. The molecule has 0 aliphatic heterocycles. The van der Waals surface area contributed by atoms with Crippen LogP contribution in [-0.2, 0) is 17.9 Å². The Morgan fingerprint density at radius 1 is 1.12 bits per heavy atom. The van der Waals surface area contributed by atoms with Crippen LogP contribution in [0.1, 0.15) is 39.0 Å². The molecule has 0 unspecified atom stereocenters. The minimum Gasteiger partial charge on any atom is -0.341 e. The second kappa shape index (κ2) is 7.25. The largest absolute Gasteiger partial charge is 0.341 e. The van der Waals surface area contributed by atoms with Gasteiger partial charge in [-0.05, 0) is 31.9 Å². The zero-order valence-corrected chi connectivity index (χ0v) is 14.9. The van der Waals surface area contributed by atoms with Crippen molar-refractivity contribution in [3.05, 3.63) is 45.1 Å².